The lowest BCUT2D eigenvalue weighted by molar-refractivity contribution is 0.0854. The Morgan fingerprint density at radius 3 is 2.67 bits per heavy atom. The van der Waals surface area contributed by atoms with Crippen molar-refractivity contribution in [2.45, 2.75) is 25.7 Å². The van der Waals surface area contributed by atoms with Gasteiger partial charge in [0, 0.05) is 6.54 Å². The summed E-state index contributed by atoms with van der Waals surface area (Å²) >= 11 is 0. The Hall–Kier alpha value is -2.57. The van der Waals surface area contributed by atoms with Crippen molar-refractivity contribution in [1.82, 2.24) is 15.3 Å². The number of hydrogen-bond donors (Lipinski definition) is 2. The fourth-order valence-corrected chi connectivity index (χ4v) is 3.03. The topological polar surface area (TPSA) is 74.8 Å². The van der Waals surface area contributed by atoms with Crippen molar-refractivity contribution >= 4 is 5.91 Å². The Morgan fingerprint density at radius 2 is 2.04 bits per heavy atom. The third-order valence-corrected chi connectivity index (χ3v) is 4.50. The summed E-state index contributed by atoms with van der Waals surface area (Å²) in [4.78, 5) is 29.4. The number of carbonyl (C=O) groups excluding carboxylic acids is 1. The molecule has 0 atom stereocenters. The second-order valence-electron chi connectivity index (χ2n) is 6.27. The van der Waals surface area contributed by atoms with Gasteiger partial charge in [0.2, 0.25) is 0 Å². The predicted molar refractivity (Wildman–Crippen MR) is 83.5 cm³/mol. The molecule has 0 radical (unpaired) electrons. The second-order valence-corrected chi connectivity index (χ2v) is 6.27. The molecule has 3 rings (SSSR count). The zero-order chi connectivity index (χ0) is 17.2. The van der Waals surface area contributed by atoms with Crippen LogP contribution < -0.4 is 10.9 Å². The van der Waals surface area contributed by atoms with Gasteiger partial charge in [-0.1, -0.05) is 12.5 Å². The summed E-state index contributed by atoms with van der Waals surface area (Å²) in [7, 11) is 0. The van der Waals surface area contributed by atoms with E-state index in [0.29, 0.717) is 18.5 Å². The van der Waals surface area contributed by atoms with Crippen molar-refractivity contribution in [1.29, 1.82) is 0 Å². The van der Waals surface area contributed by atoms with Crippen LogP contribution in [0, 0.1) is 17.0 Å². The number of H-pyrrole nitrogens is 1. The van der Waals surface area contributed by atoms with Gasteiger partial charge in [-0.25, -0.2) is 8.78 Å². The van der Waals surface area contributed by atoms with Gasteiger partial charge in [-0.05, 0) is 42.4 Å². The van der Waals surface area contributed by atoms with Gasteiger partial charge in [0.25, 0.3) is 11.5 Å². The third kappa shape index (κ3) is 3.50. The van der Waals surface area contributed by atoms with E-state index in [1.807, 2.05) is 0 Å². The quantitative estimate of drug-likeness (QED) is 0.881. The average Bonchev–Trinajstić information content (AvgIpc) is 2.53. The van der Waals surface area contributed by atoms with Crippen LogP contribution in [-0.4, -0.2) is 22.4 Å². The van der Waals surface area contributed by atoms with Crippen LogP contribution in [0.4, 0.5) is 8.78 Å². The van der Waals surface area contributed by atoms with Gasteiger partial charge in [0.1, 0.15) is 5.69 Å². The van der Waals surface area contributed by atoms with Gasteiger partial charge in [0.15, 0.2) is 11.6 Å². The molecule has 5 nitrogen and oxygen atoms in total. The highest BCUT2D eigenvalue weighted by molar-refractivity contribution is 5.91. The van der Waals surface area contributed by atoms with E-state index in [4.69, 9.17) is 0 Å². The highest BCUT2D eigenvalue weighted by Gasteiger charge is 2.37. The molecule has 1 fully saturated rings. The molecule has 126 valence electrons. The number of aromatic nitrogens is 2. The molecule has 1 aliphatic carbocycles. The number of benzene rings is 1. The van der Waals surface area contributed by atoms with E-state index < -0.39 is 23.1 Å². The molecular weight excluding hydrogens is 316 g/mol. The summed E-state index contributed by atoms with van der Waals surface area (Å²) in [6.07, 6.45) is 5.77. The lowest BCUT2D eigenvalue weighted by Crippen LogP contribution is -2.44. The van der Waals surface area contributed by atoms with Crippen LogP contribution in [0.2, 0.25) is 0 Å². The van der Waals surface area contributed by atoms with Crippen LogP contribution in [0.5, 0.6) is 0 Å². The third-order valence-electron chi connectivity index (χ3n) is 4.50. The summed E-state index contributed by atoms with van der Waals surface area (Å²) in [5, 5.41) is 2.80. The summed E-state index contributed by atoms with van der Waals surface area (Å²) < 4.78 is 26.4. The van der Waals surface area contributed by atoms with E-state index in [1.54, 1.807) is 6.07 Å². The largest absolute Gasteiger partial charge is 0.350 e. The number of halogens is 2. The molecule has 0 saturated heterocycles. The minimum Gasteiger partial charge on any atom is -0.350 e. The molecule has 1 heterocycles. The highest BCUT2D eigenvalue weighted by atomic mass is 19.2. The molecule has 2 N–H and O–H groups in total. The lowest BCUT2D eigenvalue weighted by atomic mass is 9.65. The van der Waals surface area contributed by atoms with E-state index in [1.165, 1.54) is 12.3 Å². The highest BCUT2D eigenvalue weighted by Crippen LogP contribution is 2.43. The molecule has 1 amide bonds. The van der Waals surface area contributed by atoms with Gasteiger partial charge in [-0.3, -0.25) is 14.6 Å². The molecule has 0 spiro atoms. The predicted octanol–water partition coefficient (Wildman–Crippen LogP) is 2.19. The van der Waals surface area contributed by atoms with Crippen molar-refractivity contribution < 1.29 is 13.6 Å². The summed E-state index contributed by atoms with van der Waals surface area (Å²) in [5.74, 6) is -2.13. The fraction of sp³-hybridized carbons (Fsp3) is 0.353. The van der Waals surface area contributed by atoms with Gasteiger partial charge in [-0.2, -0.15) is 0 Å². The average molecular weight is 333 g/mol. The normalized spacial score (nSPS) is 15.6. The molecule has 1 aromatic heterocycles. The first-order chi connectivity index (χ1) is 11.5. The van der Waals surface area contributed by atoms with Gasteiger partial charge >= 0.3 is 0 Å². The Morgan fingerprint density at radius 1 is 1.25 bits per heavy atom. The van der Waals surface area contributed by atoms with E-state index in [9.17, 15) is 18.4 Å². The van der Waals surface area contributed by atoms with Crippen molar-refractivity contribution in [2.75, 3.05) is 6.54 Å². The smallest absolute Gasteiger partial charge is 0.269 e. The maximum atomic E-state index is 13.4. The van der Waals surface area contributed by atoms with Crippen LogP contribution in [0.3, 0.4) is 0 Å². The molecule has 7 heteroatoms. The first-order valence-corrected chi connectivity index (χ1v) is 7.74. The number of rotatable bonds is 5. The number of aromatic amines is 1. The number of nitrogens with zero attached hydrogens (tertiary/aromatic N) is 1. The van der Waals surface area contributed by atoms with Crippen molar-refractivity contribution in [3.05, 3.63) is 63.8 Å². The van der Waals surface area contributed by atoms with E-state index in [-0.39, 0.29) is 11.1 Å². The Kier molecular flexibility index (Phi) is 4.42. The Labute approximate surface area is 137 Å². The molecule has 1 saturated carbocycles. The first-order valence-electron chi connectivity index (χ1n) is 7.74. The standard InChI is InChI=1S/C17H17F2N3O2/c18-12-3-2-11(6-13(12)19)7-17(4-1-5-17)10-21-16(24)14-8-20-9-15(23)22-14/h2-3,6,8-9H,1,4-5,7,10H2,(H,21,24)(H,22,23). The summed E-state index contributed by atoms with van der Waals surface area (Å²) in [6, 6.07) is 3.89. The van der Waals surface area contributed by atoms with Gasteiger partial charge in [-0.15, -0.1) is 0 Å². The maximum Gasteiger partial charge on any atom is 0.269 e. The van der Waals surface area contributed by atoms with Gasteiger partial charge < -0.3 is 10.3 Å². The molecule has 0 unspecified atom stereocenters. The maximum absolute atomic E-state index is 13.4. The number of amides is 1. The van der Waals surface area contributed by atoms with E-state index >= 15 is 0 Å². The summed E-state index contributed by atoms with van der Waals surface area (Å²) in [5.41, 5.74) is 0.202. The minimum atomic E-state index is -0.866. The first kappa shape index (κ1) is 16.3. The van der Waals surface area contributed by atoms with E-state index in [2.05, 4.69) is 15.3 Å². The van der Waals surface area contributed by atoms with Crippen LogP contribution in [0.15, 0.2) is 35.4 Å². The minimum absolute atomic E-state index is 0.102. The van der Waals surface area contributed by atoms with Crippen LogP contribution in [0.25, 0.3) is 0 Å². The Bertz CT molecular complexity index is 815. The van der Waals surface area contributed by atoms with Crippen LogP contribution in [0.1, 0.15) is 35.3 Å². The van der Waals surface area contributed by atoms with Crippen molar-refractivity contribution in [3.8, 4) is 0 Å². The Balaban J connectivity index is 1.66. The van der Waals surface area contributed by atoms with Crippen molar-refractivity contribution in [2.24, 2.45) is 5.41 Å². The molecule has 24 heavy (non-hydrogen) atoms. The molecule has 0 bridgehead atoms. The van der Waals surface area contributed by atoms with Gasteiger partial charge in [0.05, 0.1) is 12.4 Å². The molecular formula is C17H17F2N3O2. The lowest BCUT2D eigenvalue weighted by Gasteiger charge is -2.42. The zero-order valence-electron chi connectivity index (χ0n) is 12.9. The molecule has 1 aromatic carbocycles. The van der Waals surface area contributed by atoms with E-state index in [0.717, 1.165) is 31.5 Å². The number of nitrogens with one attached hydrogen (secondary N) is 2. The summed E-state index contributed by atoms with van der Waals surface area (Å²) in [6.45, 7) is 0.405. The molecule has 2 aromatic rings. The van der Waals surface area contributed by atoms with Crippen LogP contribution in [-0.2, 0) is 6.42 Å². The molecule has 1 aliphatic rings. The fourth-order valence-electron chi connectivity index (χ4n) is 3.03. The second kappa shape index (κ2) is 6.51. The number of carbonyl (C=O) groups is 1. The van der Waals surface area contributed by atoms with Crippen LogP contribution >= 0.6 is 0 Å². The van der Waals surface area contributed by atoms with Crippen molar-refractivity contribution in [3.63, 3.8) is 0 Å². The SMILES string of the molecule is O=C(NCC1(Cc2ccc(F)c(F)c2)CCC1)c1cncc(=O)[nH]1. The zero-order valence-corrected chi connectivity index (χ0v) is 12.9. The monoisotopic (exact) mass is 333 g/mol. The number of hydrogen-bond acceptors (Lipinski definition) is 3. The molecule has 0 aliphatic heterocycles.